The van der Waals surface area contributed by atoms with Crippen molar-refractivity contribution >= 4 is 0 Å². The zero-order valence-corrected chi connectivity index (χ0v) is 12.1. The molecule has 5 nitrogen and oxygen atoms in total. The Kier molecular flexibility index (Phi) is 5.24. The third kappa shape index (κ3) is 4.42. The lowest BCUT2D eigenvalue weighted by Gasteiger charge is -2.14. The van der Waals surface area contributed by atoms with Crippen molar-refractivity contribution < 1.29 is 4.52 Å². The lowest BCUT2D eigenvalue weighted by Crippen LogP contribution is -2.19. The zero-order chi connectivity index (χ0) is 14.4. The minimum absolute atomic E-state index is 0.401. The molecule has 2 rings (SSSR count). The lowest BCUT2D eigenvalue weighted by atomic mass is 9.94. The van der Waals surface area contributed by atoms with Gasteiger partial charge in [0.1, 0.15) is 0 Å². The van der Waals surface area contributed by atoms with Gasteiger partial charge in [-0.2, -0.15) is 4.98 Å². The van der Waals surface area contributed by atoms with Gasteiger partial charge in [-0.25, -0.2) is 0 Å². The SMILES string of the molecule is CC(C)C[C@H](CN)Cc1nc(Cc2ccccn2)no1. The molecule has 0 bridgehead atoms. The maximum atomic E-state index is 5.80. The Bertz CT molecular complexity index is 510. The van der Waals surface area contributed by atoms with Gasteiger partial charge in [0.05, 0.1) is 6.42 Å². The molecule has 0 aliphatic rings. The Labute approximate surface area is 119 Å². The summed E-state index contributed by atoms with van der Waals surface area (Å²) < 4.78 is 5.31. The number of hydrogen-bond donors (Lipinski definition) is 1. The summed E-state index contributed by atoms with van der Waals surface area (Å²) in [6.07, 6.45) is 4.20. The summed E-state index contributed by atoms with van der Waals surface area (Å²) in [6.45, 7) is 5.04. The van der Waals surface area contributed by atoms with Crippen LogP contribution < -0.4 is 5.73 Å². The summed E-state index contributed by atoms with van der Waals surface area (Å²) in [6, 6.07) is 5.80. The van der Waals surface area contributed by atoms with Crippen molar-refractivity contribution in [3.05, 3.63) is 41.8 Å². The summed E-state index contributed by atoms with van der Waals surface area (Å²) in [5, 5.41) is 4.01. The summed E-state index contributed by atoms with van der Waals surface area (Å²) in [5.41, 5.74) is 6.74. The molecule has 2 heterocycles. The minimum atomic E-state index is 0.401. The van der Waals surface area contributed by atoms with E-state index in [1.165, 1.54) is 0 Å². The van der Waals surface area contributed by atoms with Crippen molar-refractivity contribution in [3.63, 3.8) is 0 Å². The van der Waals surface area contributed by atoms with E-state index in [1.807, 2.05) is 18.2 Å². The second kappa shape index (κ2) is 7.14. The molecular formula is C15H22N4O. The molecule has 2 aromatic heterocycles. The topological polar surface area (TPSA) is 77.8 Å². The molecule has 20 heavy (non-hydrogen) atoms. The van der Waals surface area contributed by atoms with Crippen molar-refractivity contribution in [3.8, 4) is 0 Å². The van der Waals surface area contributed by atoms with Crippen LogP contribution in [0.1, 0.15) is 37.7 Å². The molecule has 0 radical (unpaired) electrons. The molecule has 0 aromatic carbocycles. The Morgan fingerprint density at radius 2 is 2.15 bits per heavy atom. The van der Waals surface area contributed by atoms with Gasteiger partial charge in [-0.15, -0.1) is 0 Å². The molecule has 0 amide bonds. The van der Waals surface area contributed by atoms with E-state index in [0.717, 1.165) is 18.5 Å². The average molecular weight is 274 g/mol. The van der Waals surface area contributed by atoms with Gasteiger partial charge in [0.15, 0.2) is 5.82 Å². The maximum absolute atomic E-state index is 5.80. The van der Waals surface area contributed by atoms with Gasteiger partial charge in [-0.3, -0.25) is 4.98 Å². The van der Waals surface area contributed by atoms with E-state index in [9.17, 15) is 0 Å². The standard InChI is InChI=1S/C15H22N4O/c1-11(2)7-12(10-16)8-15-18-14(19-20-15)9-13-5-3-4-6-17-13/h3-6,11-12H,7-10,16H2,1-2H3/t12-/m0/s1. The maximum Gasteiger partial charge on any atom is 0.226 e. The number of nitrogens with zero attached hydrogens (tertiary/aromatic N) is 3. The number of pyridine rings is 1. The first-order valence-corrected chi connectivity index (χ1v) is 7.08. The Balaban J connectivity index is 1.95. The molecule has 0 aliphatic heterocycles. The predicted octanol–water partition coefficient (Wildman–Crippen LogP) is 2.22. The fourth-order valence-corrected chi connectivity index (χ4v) is 2.29. The van der Waals surface area contributed by atoms with Gasteiger partial charge in [-0.1, -0.05) is 25.1 Å². The molecule has 5 heteroatoms. The van der Waals surface area contributed by atoms with Crippen LogP contribution in [0.2, 0.25) is 0 Å². The summed E-state index contributed by atoms with van der Waals surface area (Å²) in [7, 11) is 0. The van der Waals surface area contributed by atoms with E-state index in [0.29, 0.717) is 36.5 Å². The van der Waals surface area contributed by atoms with Crippen molar-refractivity contribution in [2.75, 3.05) is 6.54 Å². The number of hydrogen-bond acceptors (Lipinski definition) is 5. The van der Waals surface area contributed by atoms with Crippen LogP contribution in [0.4, 0.5) is 0 Å². The van der Waals surface area contributed by atoms with Crippen LogP contribution in [-0.2, 0) is 12.8 Å². The first-order chi connectivity index (χ1) is 9.67. The molecule has 0 saturated carbocycles. The third-order valence-corrected chi connectivity index (χ3v) is 3.18. The molecular weight excluding hydrogens is 252 g/mol. The average Bonchev–Trinajstić information content (AvgIpc) is 2.86. The quantitative estimate of drug-likeness (QED) is 0.837. The molecule has 0 saturated heterocycles. The van der Waals surface area contributed by atoms with Gasteiger partial charge in [0.2, 0.25) is 5.89 Å². The van der Waals surface area contributed by atoms with Crippen LogP contribution in [0.3, 0.4) is 0 Å². The van der Waals surface area contributed by atoms with Gasteiger partial charge >= 0.3 is 0 Å². The fraction of sp³-hybridized carbons (Fsp3) is 0.533. The number of rotatable bonds is 7. The smallest absolute Gasteiger partial charge is 0.226 e. The highest BCUT2D eigenvalue weighted by atomic mass is 16.5. The molecule has 0 aliphatic carbocycles. The molecule has 0 fully saturated rings. The third-order valence-electron chi connectivity index (χ3n) is 3.18. The van der Waals surface area contributed by atoms with E-state index in [2.05, 4.69) is 29.0 Å². The Morgan fingerprint density at radius 1 is 1.30 bits per heavy atom. The van der Waals surface area contributed by atoms with Crippen molar-refractivity contribution in [1.29, 1.82) is 0 Å². The first kappa shape index (κ1) is 14.7. The van der Waals surface area contributed by atoms with Crippen LogP contribution in [0.5, 0.6) is 0 Å². The van der Waals surface area contributed by atoms with Gasteiger partial charge in [0, 0.05) is 18.3 Å². The second-order valence-corrected chi connectivity index (χ2v) is 5.54. The molecule has 0 unspecified atom stereocenters. The first-order valence-electron chi connectivity index (χ1n) is 7.08. The van der Waals surface area contributed by atoms with E-state index in [1.54, 1.807) is 6.20 Å². The summed E-state index contributed by atoms with van der Waals surface area (Å²) >= 11 is 0. The second-order valence-electron chi connectivity index (χ2n) is 5.54. The van der Waals surface area contributed by atoms with Crippen LogP contribution in [0.15, 0.2) is 28.9 Å². The molecule has 1 atom stereocenters. The molecule has 2 N–H and O–H groups in total. The van der Waals surface area contributed by atoms with Crippen molar-refractivity contribution in [2.45, 2.75) is 33.1 Å². The van der Waals surface area contributed by atoms with Gasteiger partial charge in [-0.05, 0) is 36.9 Å². The summed E-state index contributed by atoms with van der Waals surface area (Å²) in [4.78, 5) is 8.69. The zero-order valence-electron chi connectivity index (χ0n) is 12.1. The number of aromatic nitrogens is 3. The lowest BCUT2D eigenvalue weighted by molar-refractivity contribution is 0.329. The van der Waals surface area contributed by atoms with E-state index >= 15 is 0 Å². The fourth-order valence-electron chi connectivity index (χ4n) is 2.29. The van der Waals surface area contributed by atoms with E-state index < -0.39 is 0 Å². The van der Waals surface area contributed by atoms with E-state index in [-0.39, 0.29) is 0 Å². The van der Waals surface area contributed by atoms with E-state index in [4.69, 9.17) is 10.3 Å². The summed E-state index contributed by atoms with van der Waals surface area (Å²) in [5.74, 6) is 2.38. The van der Waals surface area contributed by atoms with Gasteiger partial charge in [0.25, 0.3) is 0 Å². The number of nitrogens with two attached hydrogens (primary N) is 1. The largest absolute Gasteiger partial charge is 0.339 e. The van der Waals surface area contributed by atoms with Crippen molar-refractivity contribution in [1.82, 2.24) is 15.1 Å². The Morgan fingerprint density at radius 3 is 2.80 bits per heavy atom. The van der Waals surface area contributed by atoms with Crippen LogP contribution in [-0.4, -0.2) is 21.7 Å². The molecule has 2 aromatic rings. The highest BCUT2D eigenvalue weighted by Crippen LogP contribution is 2.15. The Hall–Kier alpha value is -1.75. The van der Waals surface area contributed by atoms with Gasteiger partial charge < -0.3 is 10.3 Å². The van der Waals surface area contributed by atoms with Crippen molar-refractivity contribution in [2.24, 2.45) is 17.6 Å². The predicted molar refractivity (Wildman–Crippen MR) is 77.0 cm³/mol. The monoisotopic (exact) mass is 274 g/mol. The van der Waals surface area contributed by atoms with Crippen LogP contribution >= 0.6 is 0 Å². The highest BCUT2D eigenvalue weighted by molar-refractivity contribution is 5.09. The normalized spacial score (nSPS) is 12.8. The molecule has 108 valence electrons. The molecule has 0 spiro atoms. The van der Waals surface area contributed by atoms with Crippen LogP contribution in [0.25, 0.3) is 0 Å². The highest BCUT2D eigenvalue weighted by Gasteiger charge is 2.15. The van der Waals surface area contributed by atoms with Crippen LogP contribution in [0, 0.1) is 11.8 Å². The minimum Gasteiger partial charge on any atom is -0.339 e.